The maximum Gasteiger partial charge on any atom is 0.0128 e. The topological polar surface area (TPSA) is 15.3 Å². The zero-order valence-electron chi connectivity index (χ0n) is 14.8. The minimum atomic E-state index is 0.358. The summed E-state index contributed by atoms with van der Waals surface area (Å²) >= 11 is 0. The third kappa shape index (κ3) is 5.73. The average Bonchev–Trinajstić information content (AvgIpc) is 2.42. The SMILES string of the molecule is CCNC(CCN(C)C1CCC(CC)CC1)C(C)(C)C. The molecule has 1 rings (SSSR count). The fraction of sp³-hybridized carbons (Fsp3) is 1.00. The Labute approximate surface area is 127 Å². The van der Waals surface area contributed by atoms with E-state index in [0.717, 1.165) is 18.5 Å². The largest absolute Gasteiger partial charge is 0.314 e. The molecule has 1 atom stereocenters. The molecule has 0 aromatic heterocycles. The standard InChI is InChI=1S/C18H38N2/c1-7-15-9-11-16(12-10-15)20(6)14-13-17(19-8-2)18(3,4)5/h15-17,19H,7-14H2,1-6H3. The van der Waals surface area contributed by atoms with Gasteiger partial charge in [0.05, 0.1) is 0 Å². The summed E-state index contributed by atoms with van der Waals surface area (Å²) in [5.74, 6) is 1.00. The number of hydrogen-bond donors (Lipinski definition) is 1. The van der Waals surface area contributed by atoms with Crippen molar-refractivity contribution < 1.29 is 0 Å². The van der Waals surface area contributed by atoms with Gasteiger partial charge in [-0.25, -0.2) is 0 Å². The Balaban J connectivity index is 2.36. The van der Waals surface area contributed by atoms with E-state index < -0.39 is 0 Å². The van der Waals surface area contributed by atoms with Gasteiger partial charge in [0.2, 0.25) is 0 Å². The first kappa shape index (κ1) is 18.0. The van der Waals surface area contributed by atoms with Gasteiger partial charge in [0.15, 0.2) is 0 Å². The molecule has 1 aliphatic carbocycles. The Morgan fingerprint density at radius 1 is 1.10 bits per heavy atom. The van der Waals surface area contributed by atoms with Gasteiger partial charge in [-0.1, -0.05) is 41.0 Å². The van der Waals surface area contributed by atoms with Gasteiger partial charge < -0.3 is 10.2 Å². The Morgan fingerprint density at radius 2 is 1.70 bits per heavy atom. The lowest BCUT2D eigenvalue weighted by Gasteiger charge is -2.37. The van der Waals surface area contributed by atoms with Crippen molar-refractivity contribution in [1.29, 1.82) is 0 Å². The number of rotatable bonds is 7. The van der Waals surface area contributed by atoms with E-state index in [-0.39, 0.29) is 0 Å². The smallest absolute Gasteiger partial charge is 0.0128 e. The highest BCUT2D eigenvalue weighted by Gasteiger charge is 2.26. The second-order valence-electron chi connectivity index (χ2n) is 7.83. The number of hydrogen-bond acceptors (Lipinski definition) is 2. The molecule has 0 aromatic carbocycles. The van der Waals surface area contributed by atoms with Gasteiger partial charge in [0.1, 0.15) is 0 Å². The van der Waals surface area contributed by atoms with E-state index in [0.29, 0.717) is 11.5 Å². The van der Waals surface area contributed by atoms with Gasteiger partial charge in [-0.15, -0.1) is 0 Å². The van der Waals surface area contributed by atoms with E-state index in [2.05, 4.69) is 51.9 Å². The van der Waals surface area contributed by atoms with Gasteiger partial charge in [0, 0.05) is 12.1 Å². The van der Waals surface area contributed by atoms with Gasteiger partial charge in [-0.2, -0.15) is 0 Å². The molecule has 1 unspecified atom stereocenters. The first-order valence-corrected chi connectivity index (χ1v) is 8.82. The average molecular weight is 283 g/mol. The van der Waals surface area contributed by atoms with Crippen molar-refractivity contribution in [1.82, 2.24) is 10.2 Å². The molecule has 0 amide bonds. The maximum absolute atomic E-state index is 3.67. The van der Waals surface area contributed by atoms with Crippen LogP contribution in [0.5, 0.6) is 0 Å². The van der Waals surface area contributed by atoms with Crippen molar-refractivity contribution >= 4 is 0 Å². The maximum atomic E-state index is 3.67. The lowest BCUT2D eigenvalue weighted by atomic mass is 9.83. The molecule has 0 aromatic rings. The molecule has 120 valence electrons. The normalized spacial score (nSPS) is 25.9. The summed E-state index contributed by atoms with van der Waals surface area (Å²) < 4.78 is 0. The van der Waals surface area contributed by atoms with Crippen LogP contribution in [0.1, 0.15) is 73.1 Å². The van der Waals surface area contributed by atoms with Gasteiger partial charge in [-0.05, 0) is 63.6 Å². The van der Waals surface area contributed by atoms with Crippen LogP contribution in [0.4, 0.5) is 0 Å². The molecular weight excluding hydrogens is 244 g/mol. The molecule has 0 aliphatic heterocycles. The van der Waals surface area contributed by atoms with Crippen LogP contribution in [0.3, 0.4) is 0 Å². The zero-order valence-corrected chi connectivity index (χ0v) is 14.8. The fourth-order valence-electron chi connectivity index (χ4n) is 3.60. The van der Waals surface area contributed by atoms with Crippen LogP contribution in [0, 0.1) is 11.3 Å². The zero-order chi connectivity index (χ0) is 15.2. The molecule has 1 saturated carbocycles. The molecule has 2 nitrogen and oxygen atoms in total. The third-order valence-corrected chi connectivity index (χ3v) is 5.28. The lowest BCUT2D eigenvalue weighted by Crippen LogP contribution is -2.44. The minimum absolute atomic E-state index is 0.358. The minimum Gasteiger partial charge on any atom is -0.314 e. The Hall–Kier alpha value is -0.0800. The first-order valence-electron chi connectivity index (χ1n) is 8.82. The molecule has 0 spiro atoms. The van der Waals surface area contributed by atoms with Crippen molar-refractivity contribution in [2.24, 2.45) is 11.3 Å². The van der Waals surface area contributed by atoms with Crippen molar-refractivity contribution in [2.45, 2.75) is 85.2 Å². The van der Waals surface area contributed by atoms with Crippen LogP contribution < -0.4 is 5.32 Å². The van der Waals surface area contributed by atoms with Crippen LogP contribution in [-0.2, 0) is 0 Å². The monoisotopic (exact) mass is 282 g/mol. The quantitative estimate of drug-likeness (QED) is 0.749. The molecule has 1 fully saturated rings. The van der Waals surface area contributed by atoms with Crippen molar-refractivity contribution in [3.63, 3.8) is 0 Å². The van der Waals surface area contributed by atoms with E-state index in [4.69, 9.17) is 0 Å². The molecule has 1 N–H and O–H groups in total. The molecular formula is C18H38N2. The molecule has 0 radical (unpaired) electrons. The highest BCUT2D eigenvalue weighted by molar-refractivity contribution is 4.83. The van der Waals surface area contributed by atoms with Crippen LogP contribution in [-0.4, -0.2) is 37.1 Å². The van der Waals surface area contributed by atoms with E-state index in [9.17, 15) is 0 Å². The van der Waals surface area contributed by atoms with Gasteiger partial charge >= 0.3 is 0 Å². The van der Waals surface area contributed by atoms with Crippen LogP contribution >= 0.6 is 0 Å². The fourth-order valence-corrected chi connectivity index (χ4v) is 3.60. The molecule has 20 heavy (non-hydrogen) atoms. The highest BCUT2D eigenvalue weighted by Crippen LogP contribution is 2.29. The van der Waals surface area contributed by atoms with E-state index in [1.165, 1.54) is 45.1 Å². The Bertz CT molecular complexity index is 249. The van der Waals surface area contributed by atoms with E-state index in [1.54, 1.807) is 0 Å². The summed E-state index contributed by atoms with van der Waals surface area (Å²) in [7, 11) is 2.34. The molecule has 0 saturated heterocycles. The number of nitrogens with zero attached hydrogens (tertiary/aromatic N) is 1. The highest BCUT2D eigenvalue weighted by atomic mass is 15.1. The molecule has 0 bridgehead atoms. The van der Waals surface area contributed by atoms with E-state index in [1.807, 2.05) is 0 Å². The van der Waals surface area contributed by atoms with Gasteiger partial charge in [0.25, 0.3) is 0 Å². The van der Waals surface area contributed by atoms with Gasteiger partial charge in [-0.3, -0.25) is 0 Å². The predicted molar refractivity (Wildman–Crippen MR) is 90.2 cm³/mol. The molecule has 1 aliphatic rings. The summed E-state index contributed by atoms with van der Waals surface area (Å²) in [6.45, 7) is 13.9. The van der Waals surface area contributed by atoms with Crippen molar-refractivity contribution in [3.8, 4) is 0 Å². The second-order valence-corrected chi connectivity index (χ2v) is 7.83. The summed E-state index contributed by atoms with van der Waals surface area (Å²) in [4.78, 5) is 2.63. The summed E-state index contributed by atoms with van der Waals surface area (Å²) in [6.07, 6.45) is 8.36. The van der Waals surface area contributed by atoms with Crippen molar-refractivity contribution in [3.05, 3.63) is 0 Å². The van der Waals surface area contributed by atoms with Crippen molar-refractivity contribution in [2.75, 3.05) is 20.1 Å². The van der Waals surface area contributed by atoms with Crippen LogP contribution in [0.25, 0.3) is 0 Å². The number of nitrogens with one attached hydrogen (secondary N) is 1. The predicted octanol–water partition coefficient (Wildman–Crippen LogP) is 4.30. The molecule has 2 heteroatoms. The summed E-state index contributed by atoms with van der Waals surface area (Å²) in [5.41, 5.74) is 0.358. The Kier molecular flexibility index (Phi) is 7.53. The second kappa shape index (κ2) is 8.38. The van der Waals surface area contributed by atoms with E-state index >= 15 is 0 Å². The lowest BCUT2D eigenvalue weighted by molar-refractivity contribution is 0.145. The summed E-state index contributed by atoms with van der Waals surface area (Å²) in [5, 5.41) is 3.67. The first-order chi connectivity index (χ1) is 9.38. The van der Waals surface area contributed by atoms with Crippen LogP contribution in [0.2, 0.25) is 0 Å². The van der Waals surface area contributed by atoms with Crippen LogP contribution in [0.15, 0.2) is 0 Å². The Morgan fingerprint density at radius 3 is 2.15 bits per heavy atom. The summed E-state index contributed by atoms with van der Waals surface area (Å²) in [6, 6.07) is 1.46. The molecule has 0 heterocycles. The third-order valence-electron chi connectivity index (χ3n) is 5.28.